The molecular weight excluding hydrogens is 214 g/mol. The Morgan fingerprint density at radius 1 is 1.29 bits per heavy atom. The molecule has 94 valence electrons. The Balaban J connectivity index is 1.66. The van der Waals surface area contributed by atoms with Crippen molar-refractivity contribution >= 4 is 11.6 Å². The Bertz CT molecular complexity index is 337. The number of pyridine rings is 1. The van der Waals surface area contributed by atoms with Crippen molar-refractivity contribution in [3.05, 3.63) is 18.2 Å². The van der Waals surface area contributed by atoms with E-state index in [1.165, 1.54) is 25.7 Å². The van der Waals surface area contributed by atoms with Crippen LogP contribution < -0.4 is 10.6 Å². The van der Waals surface area contributed by atoms with Gasteiger partial charge in [0.05, 0.1) is 12.7 Å². The summed E-state index contributed by atoms with van der Waals surface area (Å²) in [6.07, 6.45) is 5.60. The Kier molecular flexibility index (Phi) is 4.62. The molecule has 0 bridgehead atoms. The molecular formula is C13H21N3O. The summed E-state index contributed by atoms with van der Waals surface area (Å²) in [5, 5.41) is 6.29. The van der Waals surface area contributed by atoms with Crippen LogP contribution in [0.4, 0.5) is 11.6 Å². The standard InChI is InChI=1S/C13H21N3O/c1-14-12-7-4-8-13(16-12)15-9-10-17-11-5-2-3-6-11/h4,7-8,11H,2-3,5-6,9-10H2,1H3,(H2,14,15,16). The Hall–Kier alpha value is -1.29. The van der Waals surface area contributed by atoms with Crippen LogP contribution in [-0.4, -0.2) is 31.3 Å². The molecule has 1 aromatic rings. The number of nitrogens with one attached hydrogen (secondary N) is 2. The van der Waals surface area contributed by atoms with Crippen LogP contribution in [0.1, 0.15) is 25.7 Å². The lowest BCUT2D eigenvalue weighted by molar-refractivity contribution is 0.0659. The van der Waals surface area contributed by atoms with Crippen molar-refractivity contribution in [1.29, 1.82) is 0 Å². The quantitative estimate of drug-likeness (QED) is 0.744. The molecule has 2 N–H and O–H groups in total. The molecule has 0 spiro atoms. The van der Waals surface area contributed by atoms with E-state index in [9.17, 15) is 0 Å². The van der Waals surface area contributed by atoms with Gasteiger partial charge in [-0.25, -0.2) is 4.98 Å². The third-order valence-corrected chi connectivity index (χ3v) is 3.07. The molecule has 0 radical (unpaired) electrons. The Morgan fingerprint density at radius 3 is 2.82 bits per heavy atom. The van der Waals surface area contributed by atoms with Gasteiger partial charge in [0, 0.05) is 13.6 Å². The van der Waals surface area contributed by atoms with E-state index in [1.807, 2.05) is 25.2 Å². The van der Waals surface area contributed by atoms with Crippen LogP contribution in [0, 0.1) is 0 Å². The van der Waals surface area contributed by atoms with Crippen molar-refractivity contribution in [2.45, 2.75) is 31.8 Å². The van der Waals surface area contributed by atoms with Gasteiger partial charge >= 0.3 is 0 Å². The van der Waals surface area contributed by atoms with E-state index in [4.69, 9.17) is 4.74 Å². The maximum atomic E-state index is 5.78. The SMILES string of the molecule is CNc1cccc(NCCOC2CCCC2)n1. The number of hydrogen-bond acceptors (Lipinski definition) is 4. The van der Waals surface area contributed by atoms with E-state index < -0.39 is 0 Å². The van der Waals surface area contributed by atoms with Gasteiger partial charge in [0.25, 0.3) is 0 Å². The molecule has 1 aromatic heterocycles. The van der Waals surface area contributed by atoms with Crippen LogP contribution in [-0.2, 0) is 4.74 Å². The fourth-order valence-electron chi connectivity index (χ4n) is 2.13. The largest absolute Gasteiger partial charge is 0.376 e. The molecule has 1 aliphatic carbocycles. The van der Waals surface area contributed by atoms with Gasteiger partial charge in [0.2, 0.25) is 0 Å². The molecule has 0 unspecified atom stereocenters. The highest BCUT2D eigenvalue weighted by molar-refractivity contribution is 5.44. The van der Waals surface area contributed by atoms with Crippen LogP contribution in [0.3, 0.4) is 0 Å². The maximum absolute atomic E-state index is 5.78. The predicted octanol–water partition coefficient (Wildman–Crippen LogP) is 2.49. The van der Waals surface area contributed by atoms with Crippen molar-refractivity contribution in [2.75, 3.05) is 30.8 Å². The predicted molar refractivity (Wildman–Crippen MR) is 70.5 cm³/mol. The highest BCUT2D eigenvalue weighted by Crippen LogP contribution is 2.20. The third-order valence-electron chi connectivity index (χ3n) is 3.07. The molecule has 0 aliphatic heterocycles. The van der Waals surface area contributed by atoms with Crippen LogP contribution in [0.5, 0.6) is 0 Å². The fourth-order valence-corrected chi connectivity index (χ4v) is 2.13. The lowest BCUT2D eigenvalue weighted by atomic mass is 10.3. The molecule has 2 rings (SSSR count). The smallest absolute Gasteiger partial charge is 0.128 e. The van der Waals surface area contributed by atoms with Gasteiger partial charge in [-0.1, -0.05) is 18.9 Å². The molecule has 0 atom stereocenters. The molecule has 1 fully saturated rings. The molecule has 1 saturated carbocycles. The summed E-state index contributed by atoms with van der Waals surface area (Å²) in [6.45, 7) is 1.58. The van der Waals surface area contributed by atoms with Crippen molar-refractivity contribution in [1.82, 2.24) is 4.98 Å². The van der Waals surface area contributed by atoms with Crippen molar-refractivity contribution in [2.24, 2.45) is 0 Å². The number of aromatic nitrogens is 1. The molecule has 4 nitrogen and oxygen atoms in total. The summed E-state index contributed by atoms with van der Waals surface area (Å²) < 4.78 is 5.78. The number of ether oxygens (including phenoxy) is 1. The molecule has 0 aromatic carbocycles. The lowest BCUT2D eigenvalue weighted by Gasteiger charge is -2.12. The van der Waals surface area contributed by atoms with Gasteiger partial charge in [-0.05, 0) is 25.0 Å². The minimum atomic E-state index is 0.494. The summed E-state index contributed by atoms with van der Waals surface area (Å²) in [5.74, 6) is 1.78. The average Bonchev–Trinajstić information content (AvgIpc) is 2.88. The van der Waals surface area contributed by atoms with Crippen molar-refractivity contribution < 1.29 is 4.74 Å². The van der Waals surface area contributed by atoms with Crippen molar-refractivity contribution in [3.63, 3.8) is 0 Å². The van der Waals surface area contributed by atoms with Gasteiger partial charge in [-0.15, -0.1) is 0 Å². The summed E-state index contributed by atoms with van der Waals surface area (Å²) >= 11 is 0. The van der Waals surface area contributed by atoms with Gasteiger partial charge in [-0.2, -0.15) is 0 Å². The average molecular weight is 235 g/mol. The fraction of sp³-hybridized carbons (Fsp3) is 0.615. The second-order valence-electron chi connectivity index (χ2n) is 4.36. The summed E-state index contributed by atoms with van der Waals surface area (Å²) in [6, 6.07) is 5.90. The van der Waals surface area contributed by atoms with E-state index in [-0.39, 0.29) is 0 Å². The topological polar surface area (TPSA) is 46.2 Å². The first kappa shape index (κ1) is 12.2. The van der Waals surface area contributed by atoms with Crippen LogP contribution >= 0.6 is 0 Å². The summed E-state index contributed by atoms with van der Waals surface area (Å²) in [4.78, 5) is 4.38. The van der Waals surface area contributed by atoms with Crippen LogP contribution in [0.2, 0.25) is 0 Å². The lowest BCUT2D eigenvalue weighted by Crippen LogP contribution is -2.15. The molecule has 0 amide bonds. The first-order valence-electron chi connectivity index (χ1n) is 6.39. The number of anilines is 2. The zero-order valence-corrected chi connectivity index (χ0v) is 10.4. The van der Waals surface area contributed by atoms with E-state index in [0.29, 0.717) is 6.10 Å². The zero-order valence-electron chi connectivity index (χ0n) is 10.4. The van der Waals surface area contributed by atoms with Gasteiger partial charge in [-0.3, -0.25) is 0 Å². The zero-order chi connectivity index (χ0) is 11.9. The number of rotatable bonds is 6. The molecule has 4 heteroatoms. The Morgan fingerprint density at radius 2 is 2.06 bits per heavy atom. The Labute approximate surface area is 103 Å². The highest BCUT2D eigenvalue weighted by Gasteiger charge is 2.14. The van der Waals surface area contributed by atoms with Gasteiger partial charge < -0.3 is 15.4 Å². The monoisotopic (exact) mass is 235 g/mol. The van der Waals surface area contributed by atoms with Crippen LogP contribution in [0.15, 0.2) is 18.2 Å². The molecule has 1 heterocycles. The number of nitrogens with zero attached hydrogens (tertiary/aromatic N) is 1. The number of hydrogen-bond donors (Lipinski definition) is 2. The maximum Gasteiger partial charge on any atom is 0.128 e. The summed E-state index contributed by atoms with van der Waals surface area (Å²) in [7, 11) is 1.87. The first-order chi connectivity index (χ1) is 8.38. The van der Waals surface area contributed by atoms with E-state index in [1.54, 1.807) is 0 Å². The van der Waals surface area contributed by atoms with Gasteiger partial charge in [0.15, 0.2) is 0 Å². The van der Waals surface area contributed by atoms with E-state index >= 15 is 0 Å². The molecule has 0 saturated heterocycles. The normalized spacial score (nSPS) is 16.1. The van der Waals surface area contributed by atoms with E-state index in [2.05, 4.69) is 15.6 Å². The second kappa shape index (κ2) is 6.45. The minimum Gasteiger partial charge on any atom is -0.376 e. The first-order valence-corrected chi connectivity index (χ1v) is 6.39. The van der Waals surface area contributed by atoms with Crippen molar-refractivity contribution in [3.8, 4) is 0 Å². The molecule has 1 aliphatic rings. The summed E-state index contributed by atoms with van der Waals surface area (Å²) in [5.41, 5.74) is 0. The molecule has 17 heavy (non-hydrogen) atoms. The van der Waals surface area contributed by atoms with Gasteiger partial charge in [0.1, 0.15) is 11.6 Å². The van der Waals surface area contributed by atoms with Crippen LogP contribution in [0.25, 0.3) is 0 Å². The van der Waals surface area contributed by atoms with E-state index in [0.717, 1.165) is 24.8 Å². The third kappa shape index (κ3) is 3.89. The highest BCUT2D eigenvalue weighted by atomic mass is 16.5. The minimum absolute atomic E-state index is 0.494. The second-order valence-corrected chi connectivity index (χ2v) is 4.36.